The first-order chi connectivity index (χ1) is 9.78. The summed E-state index contributed by atoms with van der Waals surface area (Å²) in [6, 6.07) is 5.67. The highest BCUT2D eigenvalue weighted by molar-refractivity contribution is 5.95. The largest absolute Gasteiger partial charge is 0.444 e. The minimum atomic E-state index is -0.516. The second-order valence-corrected chi connectivity index (χ2v) is 5.82. The Morgan fingerprint density at radius 2 is 1.95 bits per heavy atom. The summed E-state index contributed by atoms with van der Waals surface area (Å²) in [7, 11) is 0. The van der Waals surface area contributed by atoms with Gasteiger partial charge < -0.3 is 10.1 Å². The smallest absolute Gasteiger partial charge is 0.407 e. The molecule has 0 aliphatic carbocycles. The molecule has 5 heteroatoms. The van der Waals surface area contributed by atoms with Crippen molar-refractivity contribution in [2.24, 2.45) is 0 Å². The van der Waals surface area contributed by atoms with Crippen molar-refractivity contribution in [2.75, 3.05) is 6.54 Å². The number of nitrogens with one attached hydrogen (secondary N) is 1. The fraction of sp³-hybridized carbons (Fsp3) is 0.500. The molecule has 0 unspecified atom stereocenters. The monoisotopic (exact) mass is 295 g/mol. The molecule has 0 fully saturated rings. The van der Waals surface area contributed by atoms with Crippen molar-refractivity contribution in [1.82, 2.24) is 5.32 Å². The van der Waals surface area contributed by atoms with Crippen LogP contribution in [0.25, 0.3) is 0 Å². The molecule has 0 bridgehead atoms. The van der Waals surface area contributed by atoms with Gasteiger partial charge in [0.1, 0.15) is 11.4 Å². The lowest BCUT2D eigenvalue weighted by molar-refractivity contribution is 0.0527. The lowest BCUT2D eigenvalue weighted by Crippen LogP contribution is -2.33. The predicted molar refractivity (Wildman–Crippen MR) is 78.8 cm³/mol. The number of amides is 1. The Kier molecular flexibility index (Phi) is 6.34. The topological polar surface area (TPSA) is 55.4 Å². The molecule has 0 aliphatic heterocycles. The van der Waals surface area contributed by atoms with Crippen LogP contribution in [0.1, 0.15) is 50.4 Å². The fourth-order valence-corrected chi connectivity index (χ4v) is 1.72. The average Bonchev–Trinajstić information content (AvgIpc) is 2.36. The molecule has 0 aromatic heterocycles. The summed E-state index contributed by atoms with van der Waals surface area (Å²) in [5.41, 5.74) is -0.132. The van der Waals surface area contributed by atoms with Gasteiger partial charge in [0.2, 0.25) is 0 Å². The highest BCUT2D eigenvalue weighted by atomic mass is 19.1. The van der Waals surface area contributed by atoms with Crippen LogP contribution >= 0.6 is 0 Å². The number of halogens is 1. The maximum Gasteiger partial charge on any atom is 0.407 e. The van der Waals surface area contributed by atoms with E-state index in [1.807, 2.05) is 0 Å². The molecule has 4 nitrogen and oxygen atoms in total. The van der Waals surface area contributed by atoms with Crippen LogP contribution in [0.2, 0.25) is 0 Å². The van der Waals surface area contributed by atoms with Gasteiger partial charge in [-0.25, -0.2) is 9.18 Å². The first-order valence-electron chi connectivity index (χ1n) is 7.03. The van der Waals surface area contributed by atoms with Gasteiger partial charge >= 0.3 is 6.09 Å². The van der Waals surface area contributed by atoms with E-state index >= 15 is 0 Å². The van der Waals surface area contributed by atoms with Crippen molar-refractivity contribution in [3.05, 3.63) is 35.6 Å². The number of carbonyl (C=O) groups excluding carboxylic acids is 2. The van der Waals surface area contributed by atoms with E-state index in [1.54, 1.807) is 26.8 Å². The van der Waals surface area contributed by atoms with Crippen LogP contribution in [0.5, 0.6) is 0 Å². The fourth-order valence-electron chi connectivity index (χ4n) is 1.72. The Balaban J connectivity index is 2.20. The predicted octanol–water partition coefficient (Wildman–Crippen LogP) is 3.70. The molecule has 0 radical (unpaired) electrons. The first kappa shape index (κ1) is 17.1. The van der Waals surface area contributed by atoms with E-state index in [4.69, 9.17) is 4.74 Å². The van der Waals surface area contributed by atoms with Crippen LogP contribution < -0.4 is 5.32 Å². The number of ether oxygens (including phenoxy) is 1. The van der Waals surface area contributed by atoms with E-state index in [0.29, 0.717) is 31.4 Å². The second kappa shape index (κ2) is 7.76. The number of hydrogen-bond acceptors (Lipinski definition) is 3. The quantitative estimate of drug-likeness (QED) is 0.643. The second-order valence-electron chi connectivity index (χ2n) is 5.82. The van der Waals surface area contributed by atoms with Crippen LogP contribution in [-0.2, 0) is 4.74 Å². The summed E-state index contributed by atoms with van der Waals surface area (Å²) >= 11 is 0. The van der Waals surface area contributed by atoms with Gasteiger partial charge in [-0.15, -0.1) is 0 Å². The number of unbranched alkanes of at least 4 members (excludes halogenated alkanes) is 1. The van der Waals surface area contributed by atoms with E-state index < -0.39 is 17.5 Å². The van der Waals surface area contributed by atoms with Gasteiger partial charge in [0.15, 0.2) is 5.78 Å². The average molecular weight is 295 g/mol. The molecule has 0 saturated heterocycles. The van der Waals surface area contributed by atoms with Crippen LogP contribution in [0.3, 0.4) is 0 Å². The molecular weight excluding hydrogens is 273 g/mol. The van der Waals surface area contributed by atoms with Crippen molar-refractivity contribution in [3.63, 3.8) is 0 Å². The molecule has 0 aliphatic rings. The third kappa shape index (κ3) is 7.44. The molecule has 1 rings (SSSR count). The third-order valence-electron chi connectivity index (χ3n) is 2.65. The summed E-state index contributed by atoms with van der Waals surface area (Å²) < 4.78 is 18.1. The van der Waals surface area contributed by atoms with Crippen LogP contribution in [0.4, 0.5) is 9.18 Å². The number of alkyl carbamates (subject to hydrolysis) is 1. The summed E-state index contributed by atoms with van der Waals surface area (Å²) in [6.07, 6.45) is 1.17. The molecule has 0 heterocycles. The minimum Gasteiger partial charge on any atom is -0.444 e. The SMILES string of the molecule is CC(C)(C)OC(=O)NCCCCC(=O)c1cccc(F)c1. The summed E-state index contributed by atoms with van der Waals surface area (Å²) in [5.74, 6) is -0.501. The Morgan fingerprint density at radius 3 is 2.57 bits per heavy atom. The van der Waals surface area contributed by atoms with Crippen LogP contribution in [-0.4, -0.2) is 24.0 Å². The molecule has 1 aromatic carbocycles. The lowest BCUT2D eigenvalue weighted by Gasteiger charge is -2.19. The number of ketones is 1. The number of Topliss-reactive ketones (excluding diaryl/α,β-unsaturated/α-hetero) is 1. The molecule has 116 valence electrons. The Hall–Kier alpha value is -1.91. The van der Waals surface area contributed by atoms with Crippen molar-refractivity contribution >= 4 is 11.9 Å². The van der Waals surface area contributed by atoms with Crippen LogP contribution in [0, 0.1) is 5.82 Å². The van der Waals surface area contributed by atoms with Gasteiger partial charge in [-0.1, -0.05) is 12.1 Å². The zero-order chi connectivity index (χ0) is 15.9. The minimum absolute atomic E-state index is 0.0910. The third-order valence-corrected chi connectivity index (χ3v) is 2.65. The van der Waals surface area contributed by atoms with Crippen molar-refractivity contribution in [2.45, 2.75) is 45.6 Å². The number of carbonyl (C=O) groups is 2. The van der Waals surface area contributed by atoms with E-state index in [2.05, 4.69) is 5.32 Å². The van der Waals surface area contributed by atoms with Gasteiger partial charge in [0, 0.05) is 18.5 Å². The summed E-state index contributed by atoms with van der Waals surface area (Å²) in [4.78, 5) is 23.2. The number of rotatable bonds is 6. The van der Waals surface area contributed by atoms with Crippen LogP contribution in [0.15, 0.2) is 24.3 Å². The standard InChI is InChI=1S/C16H22FNO3/c1-16(2,3)21-15(20)18-10-5-4-9-14(19)12-7-6-8-13(17)11-12/h6-8,11H,4-5,9-10H2,1-3H3,(H,18,20). The maximum absolute atomic E-state index is 13.0. The maximum atomic E-state index is 13.0. The molecule has 0 atom stereocenters. The Labute approximate surface area is 124 Å². The summed E-state index contributed by atoms with van der Waals surface area (Å²) in [6.45, 7) is 5.84. The van der Waals surface area contributed by atoms with Gasteiger partial charge in [-0.3, -0.25) is 4.79 Å². The molecule has 1 aromatic rings. The Morgan fingerprint density at radius 1 is 1.24 bits per heavy atom. The zero-order valence-electron chi connectivity index (χ0n) is 12.7. The highest BCUT2D eigenvalue weighted by Gasteiger charge is 2.15. The number of hydrogen-bond donors (Lipinski definition) is 1. The van der Waals surface area contributed by atoms with E-state index in [-0.39, 0.29) is 5.78 Å². The van der Waals surface area contributed by atoms with Crippen molar-refractivity contribution in [1.29, 1.82) is 0 Å². The highest BCUT2D eigenvalue weighted by Crippen LogP contribution is 2.09. The molecular formula is C16H22FNO3. The lowest BCUT2D eigenvalue weighted by atomic mass is 10.1. The zero-order valence-corrected chi connectivity index (χ0v) is 12.7. The van der Waals surface area contributed by atoms with Crippen molar-refractivity contribution < 1.29 is 18.7 Å². The van der Waals surface area contributed by atoms with Gasteiger partial charge in [0.25, 0.3) is 0 Å². The van der Waals surface area contributed by atoms with E-state index in [0.717, 1.165) is 0 Å². The van der Waals surface area contributed by atoms with Gasteiger partial charge in [-0.2, -0.15) is 0 Å². The summed E-state index contributed by atoms with van der Waals surface area (Å²) in [5, 5.41) is 2.63. The number of benzene rings is 1. The van der Waals surface area contributed by atoms with E-state index in [9.17, 15) is 14.0 Å². The molecule has 1 N–H and O–H groups in total. The molecule has 21 heavy (non-hydrogen) atoms. The van der Waals surface area contributed by atoms with Gasteiger partial charge in [0.05, 0.1) is 0 Å². The Bertz CT molecular complexity index is 495. The van der Waals surface area contributed by atoms with E-state index in [1.165, 1.54) is 18.2 Å². The first-order valence-corrected chi connectivity index (χ1v) is 7.03. The normalized spacial score (nSPS) is 11.0. The molecule has 0 spiro atoms. The van der Waals surface area contributed by atoms with Crippen molar-refractivity contribution in [3.8, 4) is 0 Å². The molecule has 0 saturated carbocycles. The molecule has 1 amide bonds. The van der Waals surface area contributed by atoms with Gasteiger partial charge in [-0.05, 0) is 45.7 Å².